The predicted molar refractivity (Wildman–Crippen MR) is 78.2 cm³/mol. The normalized spacial score (nSPS) is 10.1. The van der Waals surface area contributed by atoms with Crippen LogP contribution in [0.15, 0.2) is 18.2 Å². The molecular weight excluding hydrogens is 266 g/mol. The molecule has 0 fully saturated rings. The molecule has 0 spiro atoms. The molecule has 0 unspecified atom stereocenters. The lowest BCUT2D eigenvalue weighted by atomic mass is 10.1. The van der Waals surface area contributed by atoms with Gasteiger partial charge in [-0.05, 0) is 36.7 Å². The van der Waals surface area contributed by atoms with Crippen LogP contribution in [0.5, 0.6) is 5.75 Å². The minimum Gasteiger partial charge on any atom is -0.497 e. The number of amides is 1. The first kappa shape index (κ1) is 15.3. The maximum atomic E-state index is 11.8. The Labute approximate surface area is 117 Å². The van der Waals surface area contributed by atoms with E-state index in [0.29, 0.717) is 18.7 Å². The maximum absolute atomic E-state index is 11.8. The van der Waals surface area contributed by atoms with Crippen molar-refractivity contribution in [1.82, 2.24) is 10.3 Å². The van der Waals surface area contributed by atoms with Gasteiger partial charge in [-0.2, -0.15) is 0 Å². The van der Waals surface area contributed by atoms with E-state index in [2.05, 4.69) is 10.3 Å². The van der Waals surface area contributed by atoms with Crippen LogP contribution in [0.1, 0.15) is 16.1 Å². The molecule has 4 N–H and O–H groups in total. The summed E-state index contributed by atoms with van der Waals surface area (Å²) in [6, 6.07) is 5.68. The molecule has 0 saturated carbocycles. The minimum atomic E-state index is -0.131. The number of nitrogens with one attached hydrogen (secondary N) is 2. The van der Waals surface area contributed by atoms with Crippen LogP contribution in [0.3, 0.4) is 0 Å². The van der Waals surface area contributed by atoms with Gasteiger partial charge in [0, 0.05) is 18.0 Å². The van der Waals surface area contributed by atoms with Gasteiger partial charge in [-0.25, -0.2) is 0 Å². The highest BCUT2D eigenvalue weighted by atomic mass is 35.5. The molecule has 2 rings (SSSR count). The molecule has 104 valence electrons. The van der Waals surface area contributed by atoms with Crippen LogP contribution in [0.25, 0.3) is 10.9 Å². The van der Waals surface area contributed by atoms with Gasteiger partial charge in [0.1, 0.15) is 11.4 Å². The van der Waals surface area contributed by atoms with Crippen molar-refractivity contribution in [2.24, 2.45) is 5.73 Å². The van der Waals surface area contributed by atoms with E-state index in [1.165, 1.54) is 0 Å². The van der Waals surface area contributed by atoms with Gasteiger partial charge >= 0.3 is 0 Å². The van der Waals surface area contributed by atoms with Crippen molar-refractivity contribution in [3.8, 4) is 5.75 Å². The molecule has 1 heterocycles. The summed E-state index contributed by atoms with van der Waals surface area (Å²) in [6.07, 6.45) is 0.649. The summed E-state index contributed by atoms with van der Waals surface area (Å²) in [6.45, 7) is 0.494. The van der Waals surface area contributed by atoms with Crippen LogP contribution in [0.2, 0.25) is 0 Å². The van der Waals surface area contributed by atoms with Gasteiger partial charge in [0.05, 0.1) is 7.11 Å². The summed E-state index contributed by atoms with van der Waals surface area (Å²) < 4.78 is 5.21. The molecule has 19 heavy (non-hydrogen) atoms. The fourth-order valence-electron chi connectivity index (χ4n) is 2.08. The largest absolute Gasteiger partial charge is 0.497 e. The van der Waals surface area contributed by atoms with Crippen LogP contribution >= 0.6 is 12.4 Å². The zero-order valence-corrected chi connectivity index (χ0v) is 11.8. The molecule has 0 aliphatic heterocycles. The zero-order valence-electron chi connectivity index (χ0n) is 10.9. The molecule has 0 bridgehead atoms. The topological polar surface area (TPSA) is 80.1 Å². The summed E-state index contributed by atoms with van der Waals surface area (Å²) in [5.41, 5.74) is 8.04. The van der Waals surface area contributed by atoms with E-state index in [-0.39, 0.29) is 18.3 Å². The second-order valence-electron chi connectivity index (χ2n) is 4.01. The van der Waals surface area contributed by atoms with Crippen molar-refractivity contribution < 1.29 is 9.53 Å². The highest BCUT2D eigenvalue weighted by Gasteiger charge is 2.16. The highest BCUT2D eigenvalue weighted by molar-refractivity contribution is 6.01. The van der Waals surface area contributed by atoms with E-state index < -0.39 is 0 Å². The molecule has 1 amide bonds. The Morgan fingerprint density at radius 3 is 2.79 bits per heavy atom. The fourth-order valence-corrected chi connectivity index (χ4v) is 2.08. The molecule has 6 heteroatoms. The average molecular weight is 284 g/mol. The number of hydrogen-bond acceptors (Lipinski definition) is 3. The van der Waals surface area contributed by atoms with Gasteiger partial charge in [0.15, 0.2) is 0 Å². The Morgan fingerprint density at radius 1 is 1.47 bits per heavy atom. The standard InChI is InChI=1S/C13H17N3O2.ClH/c1-15-13(17)12-9(5-6-14)10-7-8(18-2)3-4-11(10)16-12;/h3-4,7,16H,5-6,14H2,1-2H3,(H,15,17);1H. The molecular formula is C13H18ClN3O2. The minimum absolute atomic E-state index is 0. The lowest BCUT2D eigenvalue weighted by Gasteiger charge is -2.03. The second-order valence-corrected chi connectivity index (χ2v) is 4.01. The number of carbonyl (C=O) groups excluding carboxylic acids is 1. The number of aromatic nitrogens is 1. The Balaban J connectivity index is 0.00000180. The van der Waals surface area contributed by atoms with Crippen LogP contribution in [-0.4, -0.2) is 31.6 Å². The fraction of sp³-hybridized carbons (Fsp3) is 0.308. The molecule has 0 radical (unpaired) electrons. The van der Waals surface area contributed by atoms with E-state index in [9.17, 15) is 4.79 Å². The molecule has 5 nitrogen and oxygen atoms in total. The number of halogens is 1. The van der Waals surface area contributed by atoms with Gasteiger partial charge < -0.3 is 20.8 Å². The molecule has 0 atom stereocenters. The number of carbonyl (C=O) groups is 1. The third-order valence-corrected chi connectivity index (χ3v) is 2.96. The van der Waals surface area contributed by atoms with Crippen molar-refractivity contribution >= 4 is 29.2 Å². The number of nitrogens with two attached hydrogens (primary N) is 1. The van der Waals surface area contributed by atoms with Crippen molar-refractivity contribution in [2.75, 3.05) is 20.7 Å². The summed E-state index contributed by atoms with van der Waals surface area (Å²) in [5.74, 6) is 0.636. The first-order valence-electron chi connectivity index (χ1n) is 5.82. The van der Waals surface area contributed by atoms with E-state index in [1.807, 2.05) is 18.2 Å². The van der Waals surface area contributed by atoms with Crippen molar-refractivity contribution in [2.45, 2.75) is 6.42 Å². The van der Waals surface area contributed by atoms with E-state index in [0.717, 1.165) is 22.2 Å². The van der Waals surface area contributed by atoms with Gasteiger partial charge in [0.25, 0.3) is 5.91 Å². The molecule has 1 aromatic carbocycles. The van der Waals surface area contributed by atoms with Crippen LogP contribution in [0, 0.1) is 0 Å². The summed E-state index contributed by atoms with van der Waals surface area (Å²) in [7, 11) is 3.23. The van der Waals surface area contributed by atoms with E-state index >= 15 is 0 Å². The molecule has 0 aliphatic carbocycles. The molecule has 0 aliphatic rings. The number of aromatic amines is 1. The number of ether oxygens (including phenoxy) is 1. The molecule has 2 aromatic rings. The number of benzene rings is 1. The predicted octanol–water partition coefficient (Wildman–Crippen LogP) is 1.46. The summed E-state index contributed by atoms with van der Waals surface area (Å²) in [4.78, 5) is 14.9. The summed E-state index contributed by atoms with van der Waals surface area (Å²) in [5, 5.41) is 3.61. The van der Waals surface area contributed by atoms with Crippen LogP contribution in [0.4, 0.5) is 0 Å². The number of H-pyrrole nitrogens is 1. The van der Waals surface area contributed by atoms with Crippen LogP contribution < -0.4 is 15.8 Å². The Hall–Kier alpha value is -1.72. The van der Waals surface area contributed by atoms with Gasteiger partial charge in [-0.3, -0.25) is 4.79 Å². The van der Waals surface area contributed by atoms with Gasteiger partial charge in [0.2, 0.25) is 0 Å². The second kappa shape index (κ2) is 6.45. The molecule has 0 saturated heterocycles. The SMILES string of the molecule is CNC(=O)c1[nH]c2ccc(OC)cc2c1CCN.Cl. The van der Waals surface area contributed by atoms with E-state index in [4.69, 9.17) is 10.5 Å². The Morgan fingerprint density at radius 2 is 2.21 bits per heavy atom. The number of hydrogen-bond donors (Lipinski definition) is 3. The highest BCUT2D eigenvalue weighted by Crippen LogP contribution is 2.26. The number of methoxy groups -OCH3 is 1. The zero-order chi connectivity index (χ0) is 13.1. The number of rotatable bonds is 4. The average Bonchev–Trinajstić information content (AvgIpc) is 2.76. The third kappa shape index (κ3) is 2.83. The maximum Gasteiger partial charge on any atom is 0.267 e. The van der Waals surface area contributed by atoms with Crippen molar-refractivity contribution in [3.05, 3.63) is 29.5 Å². The van der Waals surface area contributed by atoms with Crippen molar-refractivity contribution in [1.29, 1.82) is 0 Å². The third-order valence-electron chi connectivity index (χ3n) is 2.96. The molecule has 1 aromatic heterocycles. The van der Waals surface area contributed by atoms with E-state index in [1.54, 1.807) is 14.2 Å². The van der Waals surface area contributed by atoms with Gasteiger partial charge in [-0.15, -0.1) is 12.4 Å². The van der Waals surface area contributed by atoms with Gasteiger partial charge in [-0.1, -0.05) is 0 Å². The van der Waals surface area contributed by atoms with Crippen LogP contribution in [-0.2, 0) is 6.42 Å². The first-order chi connectivity index (χ1) is 8.71. The van der Waals surface area contributed by atoms with Crippen molar-refractivity contribution in [3.63, 3.8) is 0 Å². The monoisotopic (exact) mass is 283 g/mol. The summed E-state index contributed by atoms with van der Waals surface area (Å²) >= 11 is 0. The smallest absolute Gasteiger partial charge is 0.267 e. The first-order valence-corrected chi connectivity index (χ1v) is 5.82. The lowest BCUT2D eigenvalue weighted by Crippen LogP contribution is -2.20. The quantitative estimate of drug-likeness (QED) is 0.795. The lowest BCUT2D eigenvalue weighted by molar-refractivity contribution is 0.0958. The Kier molecular flexibility index (Phi) is 5.20. The Bertz CT molecular complexity index is 581. The number of fused-ring (bicyclic) bond motifs is 1.